The zero-order valence-corrected chi connectivity index (χ0v) is 7.24. The van der Waals surface area contributed by atoms with Gasteiger partial charge in [-0.2, -0.15) is 12.6 Å². The molecule has 0 saturated heterocycles. The van der Waals surface area contributed by atoms with Crippen LogP contribution < -0.4 is 0 Å². The molecule has 0 aromatic carbocycles. The molecule has 0 aliphatic rings. The maximum absolute atomic E-state index is 10.4. The fraction of sp³-hybridized carbons (Fsp3) is 0.250. The van der Waals surface area contributed by atoms with Crippen LogP contribution in [0.5, 0.6) is 0 Å². The molecule has 0 fully saturated rings. The molecule has 12 heavy (non-hydrogen) atoms. The third kappa shape index (κ3) is 2.54. The standard InChI is InChI=1S/C8H9NO2S/c10-8(11)7(12)5-6-3-1-2-4-9-6/h1-4,7,12H,5H2,(H,10,11). The van der Waals surface area contributed by atoms with Crippen molar-refractivity contribution in [3.63, 3.8) is 0 Å². The highest BCUT2D eigenvalue weighted by Crippen LogP contribution is 2.04. The van der Waals surface area contributed by atoms with Gasteiger partial charge in [-0.1, -0.05) is 6.07 Å². The predicted molar refractivity (Wildman–Crippen MR) is 48.4 cm³/mol. The molecule has 1 heterocycles. The third-order valence-corrected chi connectivity index (χ3v) is 1.82. The normalized spacial score (nSPS) is 12.4. The Morgan fingerprint density at radius 2 is 2.42 bits per heavy atom. The maximum Gasteiger partial charge on any atom is 0.316 e. The van der Waals surface area contributed by atoms with Crippen LogP contribution in [0.25, 0.3) is 0 Å². The van der Waals surface area contributed by atoms with Gasteiger partial charge in [0.05, 0.1) is 0 Å². The maximum atomic E-state index is 10.4. The Kier molecular flexibility index (Phi) is 3.10. The average Bonchev–Trinajstić information content (AvgIpc) is 2.06. The molecule has 1 atom stereocenters. The molecule has 0 spiro atoms. The minimum atomic E-state index is -0.913. The summed E-state index contributed by atoms with van der Waals surface area (Å²) in [7, 11) is 0. The van der Waals surface area contributed by atoms with Crippen LogP contribution in [0.1, 0.15) is 5.69 Å². The number of hydrogen-bond acceptors (Lipinski definition) is 3. The Balaban J connectivity index is 2.58. The Hall–Kier alpha value is -1.03. The molecule has 0 saturated carbocycles. The monoisotopic (exact) mass is 183 g/mol. The average molecular weight is 183 g/mol. The molecule has 64 valence electrons. The Bertz CT molecular complexity index is 263. The van der Waals surface area contributed by atoms with E-state index < -0.39 is 11.2 Å². The lowest BCUT2D eigenvalue weighted by Crippen LogP contribution is -2.16. The van der Waals surface area contributed by atoms with Crippen molar-refractivity contribution in [2.45, 2.75) is 11.7 Å². The molecular formula is C8H9NO2S. The molecule has 0 bridgehead atoms. The number of carboxylic acid groups (broad SMARTS) is 1. The Morgan fingerprint density at radius 1 is 1.67 bits per heavy atom. The van der Waals surface area contributed by atoms with E-state index in [2.05, 4.69) is 17.6 Å². The predicted octanol–water partition coefficient (Wildman–Crippen LogP) is 1.01. The number of thiol groups is 1. The van der Waals surface area contributed by atoms with Gasteiger partial charge in [0, 0.05) is 18.3 Å². The quantitative estimate of drug-likeness (QED) is 0.687. The van der Waals surface area contributed by atoms with Crippen molar-refractivity contribution in [1.29, 1.82) is 0 Å². The van der Waals surface area contributed by atoms with E-state index in [1.807, 2.05) is 6.07 Å². The molecule has 1 rings (SSSR count). The highest BCUT2D eigenvalue weighted by Gasteiger charge is 2.12. The number of rotatable bonds is 3. The van der Waals surface area contributed by atoms with E-state index in [4.69, 9.17) is 5.11 Å². The first kappa shape index (κ1) is 9.06. The lowest BCUT2D eigenvalue weighted by Gasteiger charge is -2.03. The molecule has 1 aromatic heterocycles. The van der Waals surface area contributed by atoms with Crippen LogP contribution in [-0.2, 0) is 11.2 Å². The number of aromatic nitrogens is 1. The van der Waals surface area contributed by atoms with E-state index in [0.29, 0.717) is 6.42 Å². The summed E-state index contributed by atoms with van der Waals surface area (Å²) in [6.45, 7) is 0. The topological polar surface area (TPSA) is 50.2 Å². The van der Waals surface area contributed by atoms with E-state index >= 15 is 0 Å². The van der Waals surface area contributed by atoms with Gasteiger partial charge in [0.15, 0.2) is 0 Å². The summed E-state index contributed by atoms with van der Waals surface area (Å²) in [6.07, 6.45) is 2.00. The molecule has 1 aromatic rings. The van der Waals surface area contributed by atoms with Gasteiger partial charge in [0.2, 0.25) is 0 Å². The SMILES string of the molecule is O=C(O)C(S)Cc1ccccn1. The van der Waals surface area contributed by atoms with Crippen LogP contribution in [0, 0.1) is 0 Å². The van der Waals surface area contributed by atoms with Crippen LogP contribution >= 0.6 is 12.6 Å². The molecule has 1 N–H and O–H groups in total. The number of nitrogens with zero attached hydrogens (tertiary/aromatic N) is 1. The van der Waals surface area contributed by atoms with Crippen molar-refractivity contribution >= 4 is 18.6 Å². The molecule has 3 nitrogen and oxygen atoms in total. The number of carboxylic acids is 1. The van der Waals surface area contributed by atoms with Gasteiger partial charge in [-0.15, -0.1) is 0 Å². The van der Waals surface area contributed by atoms with Gasteiger partial charge < -0.3 is 5.11 Å². The number of aliphatic carboxylic acids is 1. The van der Waals surface area contributed by atoms with Gasteiger partial charge >= 0.3 is 5.97 Å². The summed E-state index contributed by atoms with van der Waals surface area (Å²) in [6, 6.07) is 5.40. The number of hydrogen-bond donors (Lipinski definition) is 2. The largest absolute Gasteiger partial charge is 0.480 e. The Morgan fingerprint density at radius 3 is 2.92 bits per heavy atom. The van der Waals surface area contributed by atoms with Crippen LogP contribution in [0.4, 0.5) is 0 Å². The van der Waals surface area contributed by atoms with E-state index in [-0.39, 0.29) is 0 Å². The summed E-state index contributed by atoms with van der Waals surface area (Å²) < 4.78 is 0. The smallest absolute Gasteiger partial charge is 0.316 e. The number of pyridine rings is 1. The van der Waals surface area contributed by atoms with Crippen molar-refractivity contribution in [3.05, 3.63) is 30.1 Å². The lowest BCUT2D eigenvalue weighted by molar-refractivity contribution is -0.136. The minimum Gasteiger partial charge on any atom is -0.480 e. The van der Waals surface area contributed by atoms with E-state index in [1.54, 1.807) is 18.3 Å². The number of carbonyl (C=O) groups is 1. The molecular weight excluding hydrogens is 174 g/mol. The lowest BCUT2D eigenvalue weighted by atomic mass is 10.2. The molecule has 1 unspecified atom stereocenters. The molecule has 0 radical (unpaired) electrons. The van der Waals surface area contributed by atoms with Crippen molar-refractivity contribution in [2.75, 3.05) is 0 Å². The van der Waals surface area contributed by atoms with Gasteiger partial charge in [-0.3, -0.25) is 9.78 Å². The fourth-order valence-corrected chi connectivity index (χ4v) is 0.991. The summed E-state index contributed by atoms with van der Waals surface area (Å²) >= 11 is 3.90. The van der Waals surface area contributed by atoms with Crippen molar-refractivity contribution < 1.29 is 9.90 Å². The van der Waals surface area contributed by atoms with Crippen LogP contribution in [-0.4, -0.2) is 21.3 Å². The highest BCUT2D eigenvalue weighted by molar-refractivity contribution is 7.81. The van der Waals surface area contributed by atoms with Gasteiger partial charge in [-0.05, 0) is 12.1 Å². The van der Waals surface area contributed by atoms with Crippen LogP contribution in [0.3, 0.4) is 0 Å². The second-order valence-electron chi connectivity index (χ2n) is 2.38. The highest BCUT2D eigenvalue weighted by atomic mass is 32.1. The molecule has 0 aliphatic carbocycles. The second-order valence-corrected chi connectivity index (χ2v) is 3.00. The second kappa shape index (κ2) is 4.11. The van der Waals surface area contributed by atoms with Crippen molar-refractivity contribution in [3.8, 4) is 0 Å². The first-order chi connectivity index (χ1) is 5.70. The van der Waals surface area contributed by atoms with Gasteiger partial charge in [0.25, 0.3) is 0 Å². The Labute approximate surface area is 75.9 Å². The van der Waals surface area contributed by atoms with E-state index in [9.17, 15) is 4.79 Å². The molecule has 0 amide bonds. The molecule has 0 aliphatic heterocycles. The van der Waals surface area contributed by atoms with Crippen molar-refractivity contribution in [2.24, 2.45) is 0 Å². The van der Waals surface area contributed by atoms with Gasteiger partial charge in [-0.25, -0.2) is 0 Å². The van der Waals surface area contributed by atoms with E-state index in [0.717, 1.165) is 5.69 Å². The zero-order chi connectivity index (χ0) is 8.97. The summed E-state index contributed by atoms with van der Waals surface area (Å²) in [4.78, 5) is 14.4. The molecule has 4 heteroatoms. The summed E-state index contributed by atoms with van der Waals surface area (Å²) in [5, 5.41) is 7.87. The minimum absolute atomic E-state index is 0.360. The van der Waals surface area contributed by atoms with Crippen LogP contribution in [0.2, 0.25) is 0 Å². The van der Waals surface area contributed by atoms with E-state index in [1.165, 1.54) is 0 Å². The summed E-state index contributed by atoms with van der Waals surface area (Å²) in [5.74, 6) is -0.913. The van der Waals surface area contributed by atoms with Gasteiger partial charge in [0.1, 0.15) is 5.25 Å². The first-order valence-corrected chi connectivity index (χ1v) is 4.02. The third-order valence-electron chi connectivity index (χ3n) is 1.41. The van der Waals surface area contributed by atoms with Crippen LogP contribution in [0.15, 0.2) is 24.4 Å². The fourth-order valence-electron chi connectivity index (χ4n) is 0.804. The first-order valence-electron chi connectivity index (χ1n) is 3.51. The van der Waals surface area contributed by atoms with Crippen molar-refractivity contribution in [1.82, 2.24) is 4.98 Å². The summed E-state index contributed by atoms with van der Waals surface area (Å²) in [5.41, 5.74) is 0.750. The zero-order valence-electron chi connectivity index (χ0n) is 6.34.